The van der Waals surface area contributed by atoms with Gasteiger partial charge >= 0.3 is 0 Å². The Morgan fingerprint density at radius 2 is 2.47 bits per heavy atom. The Morgan fingerprint density at radius 3 is 3.11 bits per heavy atom. The maximum absolute atomic E-state index is 9.74. The number of nitrogens with one attached hydrogen (secondary N) is 1. The first kappa shape index (κ1) is 13.4. The van der Waals surface area contributed by atoms with E-state index in [9.17, 15) is 5.11 Å². The molecule has 3 heterocycles. The molecule has 0 spiro atoms. The average Bonchev–Trinajstić information content (AvgIpc) is 2.94. The van der Waals surface area contributed by atoms with Gasteiger partial charge in [0.1, 0.15) is 0 Å². The molecule has 0 aliphatic carbocycles. The number of aromatic amines is 1. The van der Waals surface area contributed by atoms with Gasteiger partial charge in [0.2, 0.25) is 0 Å². The van der Waals surface area contributed by atoms with Gasteiger partial charge in [-0.25, -0.2) is 0 Å². The van der Waals surface area contributed by atoms with E-state index in [0.717, 1.165) is 49.1 Å². The summed E-state index contributed by atoms with van der Waals surface area (Å²) in [5.74, 6) is 0.519. The molecule has 0 radical (unpaired) electrons. The summed E-state index contributed by atoms with van der Waals surface area (Å²) in [5.41, 5.74) is 1.72. The van der Waals surface area contributed by atoms with Gasteiger partial charge in [0.15, 0.2) is 0 Å². The largest absolute Gasteiger partial charge is 0.396 e. The summed E-state index contributed by atoms with van der Waals surface area (Å²) in [7, 11) is 0. The third kappa shape index (κ3) is 2.29. The molecule has 1 aromatic rings. The molecule has 2 fully saturated rings. The van der Waals surface area contributed by atoms with E-state index in [1.165, 1.54) is 0 Å². The highest BCUT2D eigenvalue weighted by atomic mass is 35.5. The molecule has 0 unspecified atom stereocenters. The Labute approximate surface area is 117 Å². The number of aryl methyl sites for hydroxylation is 1. The topological polar surface area (TPSA) is 61.4 Å². The smallest absolute Gasteiger partial charge is 0.0951 e. The van der Waals surface area contributed by atoms with Crippen molar-refractivity contribution in [1.82, 2.24) is 15.1 Å². The second-order valence-corrected chi connectivity index (χ2v) is 6.22. The molecule has 3 rings (SSSR count). The quantitative estimate of drug-likeness (QED) is 0.876. The van der Waals surface area contributed by atoms with Crippen LogP contribution in [0.4, 0.5) is 0 Å². The van der Waals surface area contributed by atoms with Gasteiger partial charge < -0.3 is 9.84 Å². The molecule has 19 heavy (non-hydrogen) atoms. The number of halogens is 1. The molecule has 6 heteroatoms. The van der Waals surface area contributed by atoms with Gasteiger partial charge in [-0.05, 0) is 19.3 Å². The number of H-pyrrole nitrogens is 1. The van der Waals surface area contributed by atoms with Crippen molar-refractivity contribution < 1.29 is 9.84 Å². The van der Waals surface area contributed by atoms with Crippen LogP contribution in [0.1, 0.15) is 17.8 Å². The van der Waals surface area contributed by atoms with E-state index < -0.39 is 0 Å². The Bertz CT molecular complexity index is 465. The molecule has 0 amide bonds. The Morgan fingerprint density at radius 1 is 1.63 bits per heavy atom. The predicted molar refractivity (Wildman–Crippen MR) is 72.1 cm³/mol. The van der Waals surface area contributed by atoms with Crippen LogP contribution in [0.15, 0.2) is 0 Å². The van der Waals surface area contributed by atoms with Gasteiger partial charge in [0, 0.05) is 31.7 Å². The monoisotopic (exact) mass is 285 g/mol. The third-order valence-corrected chi connectivity index (χ3v) is 5.01. The van der Waals surface area contributed by atoms with Crippen molar-refractivity contribution in [2.24, 2.45) is 11.3 Å². The third-order valence-electron chi connectivity index (χ3n) is 4.51. The molecule has 2 aliphatic heterocycles. The van der Waals surface area contributed by atoms with Gasteiger partial charge in [0.05, 0.1) is 29.6 Å². The van der Waals surface area contributed by atoms with Gasteiger partial charge in [0.25, 0.3) is 0 Å². The molecule has 0 aromatic carbocycles. The number of rotatable bonds is 3. The molecule has 2 saturated heterocycles. The molecule has 106 valence electrons. The maximum Gasteiger partial charge on any atom is 0.0951 e. The van der Waals surface area contributed by atoms with Crippen LogP contribution in [0, 0.1) is 18.3 Å². The number of aliphatic hydroxyl groups excluding tert-OH is 1. The molecule has 5 nitrogen and oxygen atoms in total. The first-order valence-electron chi connectivity index (χ1n) is 6.75. The summed E-state index contributed by atoms with van der Waals surface area (Å²) in [6, 6.07) is 0. The lowest BCUT2D eigenvalue weighted by Crippen LogP contribution is -2.42. The Hall–Kier alpha value is -0.620. The first-order chi connectivity index (χ1) is 9.14. The molecular formula is C13H20ClN3O2. The summed E-state index contributed by atoms with van der Waals surface area (Å²) in [6.07, 6.45) is 1.03. The second kappa shape index (κ2) is 5.05. The van der Waals surface area contributed by atoms with Crippen molar-refractivity contribution in [2.45, 2.75) is 19.9 Å². The fourth-order valence-corrected chi connectivity index (χ4v) is 3.48. The molecule has 1 aromatic heterocycles. The Kier molecular flexibility index (Phi) is 3.55. The number of hydrogen-bond acceptors (Lipinski definition) is 4. The number of aliphatic hydroxyl groups is 1. The molecule has 2 N–H and O–H groups in total. The van der Waals surface area contributed by atoms with Gasteiger partial charge in [-0.15, -0.1) is 0 Å². The number of fused-ring (bicyclic) bond motifs is 1. The number of aromatic nitrogens is 2. The van der Waals surface area contributed by atoms with Gasteiger partial charge in [-0.1, -0.05) is 11.6 Å². The zero-order valence-corrected chi connectivity index (χ0v) is 11.9. The lowest BCUT2D eigenvalue weighted by atomic mass is 9.76. The zero-order valence-electron chi connectivity index (χ0n) is 11.2. The second-order valence-electron chi connectivity index (χ2n) is 5.84. The summed E-state index contributed by atoms with van der Waals surface area (Å²) in [4.78, 5) is 2.33. The first-order valence-corrected chi connectivity index (χ1v) is 7.13. The van der Waals surface area contributed by atoms with Crippen LogP contribution in [0.3, 0.4) is 0 Å². The minimum atomic E-state index is -0.0872. The van der Waals surface area contributed by atoms with E-state index in [4.69, 9.17) is 16.3 Å². The zero-order chi connectivity index (χ0) is 13.5. The van der Waals surface area contributed by atoms with Crippen molar-refractivity contribution in [2.75, 3.05) is 32.9 Å². The summed E-state index contributed by atoms with van der Waals surface area (Å²) < 4.78 is 5.57. The maximum atomic E-state index is 9.74. The van der Waals surface area contributed by atoms with Crippen molar-refractivity contribution >= 4 is 11.6 Å². The number of ether oxygens (including phenoxy) is 1. The lowest BCUT2D eigenvalue weighted by molar-refractivity contribution is -0.0561. The van der Waals surface area contributed by atoms with Crippen molar-refractivity contribution in [3.05, 3.63) is 16.4 Å². The highest BCUT2D eigenvalue weighted by Crippen LogP contribution is 2.41. The summed E-state index contributed by atoms with van der Waals surface area (Å²) in [6.45, 7) is 6.18. The number of hydrogen-bond donors (Lipinski definition) is 2. The highest BCUT2D eigenvalue weighted by molar-refractivity contribution is 6.31. The van der Waals surface area contributed by atoms with Crippen LogP contribution in [-0.4, -0.2) is 53.1 Å². The van der Waals surface area contributed by atoms with Crippen molar-refractivity contribution in [1.29, 1.82) is 0 Å². The molecular weight excluding hydrogens is 266 g/mol. The van der Waals surface area contributed by atoms with Crippen LogP contribution < -0.4 is 0 Å². The molecule has 0 bridgehead atoms. The average molecular weight is 286 g/mol. The lowest BCUT2D eigenvalue weighted by Gasteiger charge is -2.36. The standard InChI is InChI=1S/C13H20ClN3O2/c1-9-12(14)11(16-15-9)5-17-4-10-2-3-19-8-13(10,6-17)7-18/h10,18H,2-8H2,1H3,(H,15,16)/t10-,13+/m0/s1. The Balaban J connectivity index is 1.72. The summed E-state index contributed by atoms with van der Waals surface area (Å²) >= 11 is 6.21. The van der Waals surface area contributed by atoms with Crippen LogP contribution in [0.2, 0.25) is 5.02 Å². The molecule has 0 saturated carbocycles. The number of nitrogens with zero attached hydrogens (tertiary/aromatic N) is 2. The molecule has 2 atom stereocenters. The van der Waals surface area contributed by atoms with Crippen LogP contribution >= 0.6 is 11.6 Å². The van der Waals surface area contributed by atoms with Crippen molar-refractivity contribution in [3.63, 3.8) is 0 Å². The minimum Gasteiger partial charge on any atom is -0.396 e. The van der Waals surface area contributed by atoms with Crippen LogP contribution in [0.5, 0.6) is 0 Å². The number of likely N-dealkylation sites (tertiary alicyclic amines) is 1. The van der Waals surface area contributed by atoms with Gasteiger partial charge in [-0.2, -0.15) is 5.10 Å². The highest BCUT2D eigenvalue weighted by Gasteiger charge is 2.48. The fourth-order valence-electron chi connectivity index (χ4n) is 3.33. The van der Waals surface area contributed by atoms with E-state index in [1.54, 1.807) is 0 Å². The van der Waals surface area contributed by atoms with E-state index in [1.807, 2.05) is 6.92 Å². The minimum absolute atomic E-state index is 0.0872. The summed E-state index contributed by atoms with van der Waals surface area (Å²) in [5, 5.41) is 17.6. The SMILES string of the molecule is Cc1[nH]nc(CN2C[C@@H]3CCOC[C@]3(CO)C2)c1Cl. The predicted octanol–water partition coefficient (Wildman–Crippen LogP) is 1.20. The van der Waals surface area contributed by atoms with E-state index in [2.05, 4.69) is 15.1 Å². The van der Waals surface area contributed by atoms with Crippen LogP contribution in [0.25, 0.3) is 0 Å². The van der Waals surface area contributed by atoms with Crippen LogP contribution in [-0.2, 0) is 11.3 Å². The van der Waals surface area contributed by atoms with Gasteiger partial charge in [-0.3, -0.25) is 10.00 Å². The van der Waals surface area contributed by atoms with E-state index >= 15 is 0 Å². The normalized spacial score (nSPS) is 31.6. The molecule has 2 aliphatic rings. The van der Waals surface area contributed by atoms with E-state index in [0.29, 0.717) is 12.5 Å². The fraction of sp³-hybridized carbons (Fsp3) is 0.769. The van der Waals surface area contributed by atoms with E-state index in [-0.39, 0.29) is 12.0 Å². The van der Waals surface area contributed by atoms with Crippen molar-refractivity contribution in [3.8, 4) is 0 Å².